The van der Waals surface area contributed by atoms with E-state index < -0.39 is 5.95 Å². The maximum Gasteiger partial charge on any atom is 0.299 e. The van der Waals surface area contributed by atoms with Crippen LogP contribution in [0.25, 0.3) is 15.8 Å². The van der Waals surface area contributed by atoms with Crippen molar-refractivity contribution in [2.24, 2.45) is 27.5 Å². The molecule has 14 heteroatoms. The lowest BCUT2D eigenvalue weighted by Crippen LogP contribution is -3.09. The van der Waals surface area contributed by atoms with Crippen molar-refractivity contribution in [1.29, 1.82) is 5.41 Å². The smallest absolute Gasteiger partial charge is 0.299 e. The molecule has 7 N–H and O–H groups in total. The molecule has 3 aromatic rings. The first-order valence-corrected chi connectivity index (χ1v) is 21.7. The van der Waals surface area contributed by atoms with Crippen molar-refractivity contribution < 1.29 is 24.6 Å². The van der Waals surface area contributed by atoms with Gasteiger partial charge in [0.15, 0.2) is 0 Å². The van der Waals surface area contributed by atoms with E-state index in [9.17, 15) is 15.6 Å². The van der Waals surface area contributed by atoms with Crippen molar-refractivity contribution in [1.82, 2.24) is 25.0 Å². The van der Waals surface area contributed by atoms with Crippen LogP contribution in [0.1, 0.15) is 82.9 Å². The van der Waals surface area contributed by atoms with E-state index in [0.717, 1.165) is 97.6 Å². The highest BCUT2D eigenvalue weighted by molar-refractivity contribution is 7.22. The Morgan fingerprint density at radius 2 is 1.97 bits per heavy atom. The highest BCUT2D eigenvalue weighted by Crippen LogP contribution is 2.68. The van der Waals surface area contributed by atoms with Gasteiger partial charge in [0, 0.05) is 49.0 Å². The number of ether oxygens (including phenoxy) is 2. The SMILES string of the molecule is COCCC[NH+](C)CCOC12CC3CC(Cn4ncc(C5=CC=C(N6CCC/C(=C(C)/C(N)=N\c7nc8ccccc8s7)C6=N)NC5=C(O)O)c4C)(C1)C[C@](C)(C3)C2. The van der Waals surface area contributed by atoms with Crippen molar-refractivity contribution in [2.75, 3.05) is 47.0 Å². The number of likely N-dealkylation sites (tertiary alicyclic amines) is 1. The number of dihydropyridines is 1. The predicted octanol–water partition coefficient (Wildman–Crippen LogP) is 6.29. The number of para-hydroxylation sites is 1. The minimum absolute atomic E-state index is 0.0782. The number of aliphatic hydroxyl groups is 2. The van der Waals surface area contributed by atoms with Crippen LogP contribution < -0.4 is 16.0 Å². The zero-order valence-electron chi connectivity index (χ0n) is 34.7. The lowest BCUT2D eigenvalue weighted by Gasteiger charge is -2.65. The standard InChI is InChI=1S/C44H59N9O4S/c1-28(38(45)50-41-48-34-11-6-7-12-35(34)58-41)31-10-8-16-52(39(31)46)36-14-13-32(37(49-36)40(54)55)33-23-47-53(29(33)2)27-43-21-30-20-42(3,24-43)25-44(22-30,26-43)57-19-17-51(4)15-9-18-56-5/h6-7,11-14,23,30,46,49,54-55H,8-10,15-22,24-27H2,1-5H3,(H2,45,48,50)/p+1/b31-28-,46-39?/t30?,42-,43?,44?/m0/s1. The number of rotatable bonds is 14. The van der Waals surface area contributed by atoms with Gasteiger partial charge in [0.1, 0.15) is 29.7 Å². The molecule has 0 spiro atoms. The molecular weight excluding hydrogens is 751 g/mol. The summed E-state index contributed by atoms with van der Waals surface area (Å²) in [4.78, 5) is 12.6. The number of hydrogen-bond donors (Lipinski definition) is 6. The van der Waals surface area contributed by atoms with E-state index in [1.807, 2.05) is 54.4 Å². The molecule has 0 amide bonds. The highest BCUT2D eigenvalue weighted by Gasteiger charge is 2.62. The third-order valence-electron chi connectivity index (χ3n) is 13.3. The summed E-state index contributed by atoms with van der Waals surface area (Å²) in [6.45, 7) is 11.5. The molecule has 4 bridgehead atoms. The Bertz CT molecular complexity index is 2200. The molecule has 58 heavy (non-hydrogen) atoms. The van der Waals surface area contributed by atoms with Gasteiger partial charge in [-0.15, -0.1) is 0 Å². The van der Waals surface area contributed by atoms with Crippen LogP contribution in [0, 0.1) is 29.1 Å². The number of nitrogens with zero attached hydrogens (tertiary/aromatic N) is 5. The van der Waals surface area contributed by atoms with Crippen LogP contribution in [0.2, 0.25) is 0 Å². The number of hydrogen-bond acceptors (Lipinski definition) is 10. The van der Waals surface area contributed by atoms with Gasteiger partial charge in [-0.3, -0.25) is 10.1 Å². The topological polar surface area (TPSA) is 172 Å². The van der Waals surface area contributed by atoms with E-state index in [0.29, 0.717) is 47.1 Å². The third kappa shape index (κ3) is 7.95. The number of amidine groups is 2. The van der Waals surface area contributed by atoms with Crippen molar-refractivity contribution in [3.8, 4) is 0 Å². The number of nitrogens with two attached hydrogens (primary N) is 1. The van der Waals surface area contributed by atoms with E-state index in [1.54, 1.807) is 7.11 Å². The quantitative estimate of drug-likeness (QED) is 0.0474. The van der Waals surface area contributed by atoms with Gasteiger partial charge in [-0.1, -0.05) is 30.4 Å². The zero-order chi connectivity index (χ0) is 40.8. The summed E-state index contributed by atoms with van der Waals surface area (Å²) in [7, 11) is 4.01. The molecule has 5 fully saturated rings. The molecule has 9 rings (SSSR count). The molecular formula is C44H60N9O4S+. The summed E-state index contributed by atoms with van der Waals surface area (Å²) in [5, 5.41) is 39.3. The first kappa shape index (κ1) is 40.3. The first-order chi connectivity index (χ1) is 27.8. The molecule has 4 unspecified atom stereocenters. The number of aliphatic imine (C=N–C) groups is 1. The fraction of sp³-hybridized carbons (Fsp3) is 0.545. The number of aliphatic hydroxyl groups excluding tert-OH is 1. The van der Waals surface area contributed by atoms with Gasteiger partial charge in [-0.2, -0.15) is 5.10 Å². The van der Waals surface area contributed by atoms with E-state index in [1.165, 1.54) is 35.5 Å². The lowest BCUT2D eigenvalue weighted by atomic mass is 9.43. The molecule has 1 aromatic carbocycles. The monoisotopic (exact) mass is 810 g/mol. The maximum atomic E-state index is 10.7. The van der Waals surface area contributed by atoms with E-state index in [4.69, 9.17) is 20.3 Å². The number of quaternary nitrogens is 1. The van der Waals surface area contributed by atoms with E-state index in [2.05, 4.69) is 40.9 Å². The predicted molar refractivity (Wildman–Crippen MR) is 229 cm³/mol. The first-order valence-electron chi connectivity index (χ1n) is 20.8. The molecule has 2 aliphatic heterocycles. The lowest BCUT2D eigenvalue weighted by molar-refractivity contribution is -0.880. The van der Waals surface area contributed by atoms with Gasteiger partial charge < -0.3 is 40.5 Å². The summed E-state index contributed by atoms with van der Waals surface area (Å²) in [6, 6.07) is 7.89. The van der Waals surface area contributed by atoms with Crippen LogP contribution in [-0.4, -0.2) is 94.2 Å². The molecule has 4 aliphatic carbocycles. The van der Waals surface area contributed by atoms with Gasteiger partial charge in [0.2, 0.25) is 5.13 Å². The summed E-state index contributed by atoms with van der Waals surface area (Å²) in [5.41, 5.74) is 11.8. The van der Waals surface area contributed by atoms with Crippen LogP contribution in [0.3, 0.4) is 0 Å². The zero-order valence-corrected chi connectivity index (χ0v) is 35.5. The second-order valence-corrected chi connectivity index (χ2v) is 19.1. The molecule has 4 heterocycles. The number of piperidine rings is 1. The van der Waals surface area contributed by atoms with Crippen molar-refractivity contribution >= 4 is 43.9 Å². The summed E-state index contributed by atoms with van der Waals surface area (Å²) in [5.74, 6) is 1.05. The number of allylic oxidation sites excluding steroid dienone is 3. The molecule has 1 saturated heterocycles. The summed E-state index contributed by atoms with van der Waals surface area (Å²) in [6.07, 6.45) is 15.2. The van der Waals surface area contributed by atoms with Gasteiger partial charge in [0.25, 0.3) is 5.95 Å². The van der Waals surface area contributed by atoms with Gasteiger partial charge in [-0.25, -0.2) is 9.98 Å². The Kier molecular flexibility index (Phi) is 11.1. The number of fused-ring (bicyclic) bond motifs is 1. The van der Waals surface area contributed by atoms with Gasteiger partial charge in [0.05, 0.1) is 48.8 Å². The second-order valence-electron chi connectivity index (χ2n) is 18.1. The fourth-order valence-electron chi connectivity index (χ4n) is 11.4. The summed E-state index contributed by atoms with van der Waals surface area (Å²) < 4.78 is 15.4. The normalized spacial score (nSPS) is 28.5. The Hall–Kier alpha value is -4.50. The minimum Gasteiger partial charge on any atom is -0.480 e. The average Bonchev–Trinajstić information content (AvgIpc) is 3.75. The van der Waals surface area contributed by atoms with E-state index in [-0.39, 0.29) is 22.1 Å². The number of benzene rings is 1. The molecule has 5 atom stereocenters. The Balaban J connectivity index is 0.994. The molecule has 310 valence electrons. The molecule has 6 aliphatic rings. The van der Waals surface area contributed by atoms with Crippen LogP contribution >= 0.6 is 11.3 Å². The van der Waals surface area contributed by atoms with Crippen LogP contribution in [0.4, 0.5) is 5.13 Å². The third-order valence-corrected chi connectivity index (χ3v) is 14.3. The van der Waals surface area contributed by atoms with Gasteiger partial charge >= 0.3 is 0 Å². The van der Waals surface area contributed by atoms with Crippen LogP contribution in [0.15, 0.2) is 76.2 Å². The van der Waals surface area contributed by atoms with Crippen molar-refractivity contribution in [3.05, 3.63) is 82.5 Å². The largest absolute Gasteiger partial charge is 0.480 e. The van der Waals surface area contributed by atoms with Crippen LogP contribution in [-0.2, 0) is 16.0 Å². The average molecular weight is 811 g/mol. The van der Waals surface area contributed by atoms with E-state index >= 15 is 0 Å². The van der Waals surface area contributed by atoms with Gasteiger partial charge in [-0.05, 0) is 112 Å². The molecule has 2 aromatic heterocycles. The van der Waals surface area contributed by atoms with Crippen LogP contribution in [0.5, 0.6) is 0 Å². The van der Waals surface area contributed by atoms with Crippen molar-refractivity contribution in [2.45, 2.75) is 90.7 Å². The fourth-order valence-corrected chi connectivity index (χ4v) is 12.2. The highest BCUT2D eigenvalue weighted by atomic mass is 32.1. The Morgan fingerprint density at radius 3 is 2.74 bits per heavy atom. The molecule has 4 saturated carbocycles. The molecule has 0 radical (unpaired) electrons. The minimum atomic E-state index is -0.814. The number of likely N-dealkylation sites (N-methyl/N-ethyl adjacent to an activating group) is 1. The summed E-state index contributed by atoms with van der Waals surface area (Å²) >= 11 is 1.48. The number of thiazole rings is 1. The second kappa shape index (κ2) is 15.9. The Labute approximate surface area is 345 Å². The number of methoxy groups -OCH3 is 1. The molecule has 13 nitrogen and oxygen atoms in total. The number of nitrogens with one attached hydrogen (secondary N) is 3. The Morgan fingerprint density at radius 1 is 1.14 bits per heavy atom. The maximum absolute atomic E-state index is 10.7. The number of aromatic nitrogens is 3. The van der Waals surface area contributed by atoms with Crippen molar-refractivity contribution in [3.63, 3.8) is 0 Å².